The highest BCUT2D eigenvalue weighted by Gasteiger charge is 2.63. The highest BCUT2D eigenvalue weighted by atomic mass is 79.9. The van der Waals surface area contributed by atoms with Gasteiger partial charge in [0.2, 0.25) is 0 Å². The Labute approximate surface area is 332 Å². The van der Waals surface area contributed by atoms with Gasteiger partial charge in [0.15, 0.2) is 0 Å². The Kier molecular flexibility index (Phi) is 12.3. The molecule has 14 heteroatoms. The molecule has 54 heavy (non-hydrogen) atoms. The molecule has 2 aromatic heterocycles. The fourth-order valence-corrected chi connectivity index (χ4v) is 6.25. The van der Waals surface area contributed by atoms with E-state index in [1.165, 1.54) is 11.1 Å². The summed E-state index contributed by atoms with van der Waals surface area (Å²) in [5, 5.41) is 8.98. The van der Waals surface area contributed by atoms with Crippen LogP contribution in [0.4, 0.5) is 0 Å². The minimum absolute atomic E-state index is 0.328. The molecular weight excluding hydrogens is 745 g/mol. The van der Waals surface area contributed by atoms with Gasteiger partial charge in [-0.1, -0.05) is 60.7 Å². The standard InChI is InChI=1S/C17H23BN2O2.C12H24B2O4.C11H11BrN2/c1-13-15(18-21-16(2,3)17(4,5)22-18)12-20(19-13)11-14-9-7-6-8-10-14;1-9(2)10(3,4)16-13(15-9)14-17-11(5,6)12(7,8)18-14;1-9-11(12)8-14(13-9)7-10-5-3-2-4-6-10/h6-10,12H,11H2,1-5H3;1-8H3;2-6,8H,7H2,1H3. The van der Waals surface area contributed by atoms with Gasteiger partial charge in [-0.3, -0.25) is 9.36 Å². The van der Waals surface area contributed by atoms with Crippen LogP contribution in [0.3, 0.4) is 0 Å². The van der Waals surface area contributed by atoms with Crippen LogP contribution >= 0.6 is 15.9 Å². The maximum atomic E-state index is 6.12. The zero-order valence-electron chi connectivity index (χ0n) is 34.7. The lowest BCUT2D eigenvalue weighted by Gasteiger charge is -2.32. The summed E-state index contributed by atoms with van der Waals surface area (Å²) in [6, 6.07) is 20.6. The summed E-state index contributed by atoms with van der Waals surface area (Å²) in [5.74, 6) is 0. The molecule has 0 amide bonds. The maximum Gasteiger partial charge on any atom is 0.498 e. The van der Waals surface area contributed by atoms with E-state index in [0.717, 1.165) is 34.4 Å². The molecule has 0 N–H and O–H groups in total. The van der Waals surface area contributed by atoms with Gasteiger partial charge in [-0.25, -0.2) is 0 Å². The minimum Gasteiger partial charge on any atom is -0.405 e. The Hall–Kier alpha value is -2.71. The van der Waals surface area contributed by atoms with Crippen molar-refractivity contribution >= 4 is 42.5 Å². The SMILES string of the molecule is CC1(C)OB(B2OC(C)(C)C(C)(C)O2)OC1(C)C.Cc1nn(Cc2ccccc2)cc1B1OC(C)(C)C(C)(C)O1.Cc1nn(Cc2ccccc2)cc1Br. The zero-order chi connectivity index (χ0) is 39.9. The molecule has 3 aliphatic heterocycles. The fraction of sp³-hybridized carbons (Fsp3) is 0.550. The molecule has 0 spiro atoms. The molecule has 0 bridgehead atoms. The number of halogens is 1. The van der Waals surface area contributed by atoms with Crippen LogP contribution in [0.2, 0.25) is 0 Å². The first-order chi connectivity index (χ1) is 24.9. The number of rotatable bonds is 6. The van der Waals surface area contributed by atoms with Gasteiger partial charge in [0, 0.05) is 17.9 Å². The van der Waals surface area contributed by atoms with E-state index in [1.807, 2.05) is 127 Å². The fourth-order valence-electron chi connectivity index (χ4n) is 5.93. The van der Waals surface area contributed by atoms with E-state index < -0.39 is 14.0 Å². The second-order valence-electron chi connectivity index (χ2n) is 17.4. The second-order valence-corrected chi connectivity index (χ2v) is 18.3. The molecule has 0 unspecified atom stereocenters. The Morgan fingerprint density at radius 1 is 0.500 bits per heavy atom. The van der Waals surface area contributed by atoms with Gasteiger partial charge in [0.1, 0.15) is 0 Å². The largest absolute Gasteiger partial charge is 0.498 e. The highest BCUT2D eigenvalue weighted by molar-refractivity contribution is 9.10. The lowest BCUT2D eigenvalue weighted by atomic mass is 9.49. The van der Waals surface area contributed by atoms with Crippen molar-refractivity contribution < 1.29 is 27.9 Å². The summed E-state index contributed by atoms with van der Waals surface area (Å²) in [5.41, 5.74) is 3.39. The molecule has 3 saturated heterocycles. The normalized spacial score (nSPS) is 21.4. The van der Waals surface area contributed by atoms with Crippen molar-refractivity contribution in [2.75, 3.05) is 0 Å². The van der Waals surface area contributed by atoms with Crippen LogP contribution < -0.4 is 5.46 Å². The Bertz CT molecular complexity index is 1760. The smallest absolute Gasteiger partial charge is 0.405 e. The molecule has 7 rings (SSSR count). The lowest BCUT2D eigenvalue weighted by Crippen LogP contribution is -2.41. The van der Waals surface area contributed by atoms with Crippen molar-refractivity contribution in [2.24, 2.45) is 0 Å². The molecule has 290 valence electrons. The maximum absolute atomic E-state index is 6.12. The van der Waals surface area contributed by atoms with Gasteiger partial charge in [0.25, 0.3) is 0 Å². The Morgan fingerprint density at radius 3 is 1.19 bits per heavy atom. The van der Waals surface area contributed by atoms with E-state index >= 15 is 0 Å². The summed E-state index contributed by atoms with van der Waals surface area (Å²) in [6.07, 6.45) is 4.03. The van der Waals surface area contributed by atoms with E-state index in [-0.39, 0.29) is 40.7 Å². The van der Waals surface area contributed by atoms with E-state index in [1.54, 1.807) is 0 Å². The quantitative estimate of drug-likeness (QED) is 0.183. The van der Waals surface area contributed by atoms with Crippen LogP contribution in [0.5, 0.6) is 0 Å². The molecule has 3 aliphatic rings. The topological polar surface area (TPSA) is 91.0 Å². The first-order valence-corrected chi connectivity index (χ1v) is 19.6. The van der Waals surface area contributed by atoms with Gasteiger partial charge >= 0.3 is 21.1 Å². The van der Waals surface area contributed by atoms with Gasteiger partial charge in [0.05, 0.1) is 62.6 Å². The molecule has 3 fully saturated rings. The summed E-state index contributed by atoms with van der Waals surface area (Å²) in [4.78, 5) is 0. The van der Waals surface area contributed by atoms with Gasteiger partial charge < -0.3 is 27.9 Å². The van der Waals surface area contributed by atoms with Crippen LogP contribution in [-0.4, -0.2) is 74.3 Å². The molecule has 0 radical (unpaired) electrons. The van der Waals surface area contributed by atoms with Crippen LogP contribution in [-0.2, 0) is 41.0 Å². The van der Waals surface area contributed by atoms with Crippen molar-refractivity contribution in [1.29, 1.82) is 0 Å². The van der Waals surface area contributed by atoms with Crippen molar-refractivity contribution in [3.05, 3.63) is 100 Å². The number of benzene rings is 2. The monoisotopic (exact) mass is 802 g/mol. The number of aromatic nitrogens is 4. The molecule has 5 heterocycles. The molecular formula is C40H58B3BrN4O6. The average molecular weight is 803 g/mol. The number of nitrogens with zero attached hydrogens (tertiary/aromatic N) is 4. The number of hydrogen-bond donors (Lipinski definition) is 0. The first-order valence-electron chi connectivity index (χ1n) is 18.8. The summed E-state index contributed by atoms with van der Waals surface area (Å²) >= 11 is 3.45. The summed E-state index contributed by atoms with van der Waals surface area (Å²) in [6.45, 7) is 30.0. The third-order valence-electron chi connectivity index (χ3n) is 11.5. The number of hydrogen-bond acceptors (Lipinski definition) is 8. The zero-order valence-corrected chi connectivity index (χ0v) is 36.3. The van der Waals surface area contributed by atoms with Crippen molar-refractivity contribution in [1.82, 2.24) is 19.6 Å². The van der Waals surface area contributed by atoms with Crippen molar-refractivity contribution in [3.8, 4) is 0 Å². The van der Waals surface area contributed by atoms with Crippen LogP contribution in [0.25, 0.3) is 0 Å². The van der Waals surface area contributed by atoms with E-state index in [4.69, 9.17) is 27.9 Å². The van der Waals surface area contributed by atoms with Gasteiger partial charge in [-0.05, 0) is 124 Å². The summed E-state index contributed by atoms with van der Waals surface area (Å²) < 4.78 is 41.0. The Morgan fingerprint density at radius 2 is 0.833 bits per heavy atom. The van der Waals surface area contributed by atoms with Crippen molar-refractivity contribution in [2.45, 2.75) is 144 Å². The molecule has 10 nitrogen and oxygen atoms in total. The van der Waals surface area contributed by atoms with Crippen LogP contribution in [0.15, 0.2) is 77.5 Å². The number of aryl methyl sites for hydroxylation is 2. The van der Waals surface area contributed by atoms with Crippen LogP contribution in [0.1, 0.15) is 106 Å². The summed E-state index contributed by atoms with van der Waals surface area (Å²) in [7, 11) is -1.30. The third-order valence-corrected chi connectivity index (χ3v) is 12.3. The van der Waals surface area contributed by atoms with E-state index in [0.29, 0.717) is 0 Å². The average Bonchev–Trinajstić information content (AvgIpc) is 3.77. The van der Waals surface area contributed by atoms with Crippen molar-refractivity contribution in [3.63, 3.8) is 0 Å². The van der Waals surface area contributed by atoms with E-state index in [9.17, 15) is 0 Å². The molecule has 2 aromatic carbocycles. The molecule has 0 aliphatic carbocycles. The Balaban J connectivity index is 0.000000160. The first kappa shape index (κ1) is 42.4. The highest BCUT2D eigenvalue weighted by Crippen LogP contribution is 2.43. The predicted octanol–water partition coefficient (Wildman–Crippen LogP) is 7.79. The molecule has 0 atom stereocenters. The van der Waals surface area contributed by atoms with E-state index in [2.05, 4.69) is 78.1 Å². The van der Waals surface area contributed by atoms with Crippen LogP contribution in [0, 0.1) is 13.8 Å². The van der Waals surface area contributed by atoms with Gasteiger partial charge in [-0.2, -0.15) is 10.2 Å². The lowest BCUT2D eigenvalue weighted by molar-refractivity contribution is 0.00578. The third kappa shape index (κ3) is 9.45. The predicted molar refractivity (Wildman–Crippen MR) is 221 cm³/mol. The minimum atomic E-state index is -0.476. The van der Waals surface area contributed by atoms with Gasteiger partial charge in [-0.15, -0.1) is 0 Å². The molecule has 4 aromatic rings. The molecule has 0 saturated carbocycles. The second kappa shape index (κ2) is 15.7.